The van der Waals surface area contributed by atoms with Gasteiger partial charge in [-0.25, -0.2) is 4.98 Å². The number of aromatic nitrogens is 2. The van der Waals surface area contributed by atoms with Crippen LogP contribution in [0.15, 0.2) is 12.3 Å². The maximum absolute atomic E-state index is 6.35. The summed E-state index contributed by atoms with van der Waals surface area (Å²) in [5.41, 5.74) is 3.04. The Morgan fingerprint density at radius 2 is 1.91 bits per heavy atom. The van der Waals surface area contributed by atoms with E-state index in [1.165, 1.54) is 5.69 Å². The second-order valence-electron chi connectivity index (χ2n) is 6.88. The van der Waals surface area contributed by atoms with Crippen molar-refractivity contribution in [2.45, 2.75) is 32.7 Å². The molecule has 1 aliphatic rings. The minimum Gasteiger partial charge on any atom is -0.314 e. The number of nitrogens with zero attached hydrogens (tertiary/aromatic N) is 3. The highest BCUT2D eigenvalue weighted by Gasteiger charge is 2.26. The van der Waals surface area contributed by atoms with Gasteiger partial charge in [0.1, 0.15) is 0 Å². The van der Waals surface area contributed by atoms with Gasteiger partial charge in [-0.2, -0.15) is 0 Å². The number of halogens is 2. The normalized spacial score (nSPS) is 17.3. The molecule has 0 saturated carbocycles. The number of imidazole rings is 1. The van der Waals surface area contributed by atoms with Crippen LogP contribution in [0.4, 0.5) is 0 Å². The second kappa shape index (κ2) is 6.00. The molecule has 0 aromatic carbocycles. The Morgan fingerprint density at radius 1 is 1.23 bits per heavy atom. The predicted octanol–water partition coefficient (Wildman–Crippen LogP) is 3.34. The van der Waals surface area contributed by atoms with Gasteiger partial charge in [0, 0.05) is 44.3 Å². The molecule has 22 heavy (non-hydrogen) atoms. The van der Waals surface area contributed by atoms with Crippen molar-refractivity contribution in [1.82, 2.24) is 19.6 Å². The Hall–Kier alpha value is -0.810. The minimum atomic E-state index is -0.0365. The molecule has 3 rings (SSSR count). The summed E-state index contributed by atoms with van der Waals surface area (Å²) in [4.78, 5) is 7.27. The molecule has 1 aliphatic heterocycles. The predicted molar refractivity (Wildman–Crippen MR) is 92.1 cm³/mol. The van der Waals surface area contributed by atoms with Crippen LogP contribution in [-0.4, -0.2) is 40.5 Å². The van der Waals surface area contributed by atoms with Crippen LogP contribution in [-0.2, 0) is 12.0 Å². The molecule has 4 nitrogen and oxygen atoms in total. The number of piperazine rings is 1. The lowest BCUT2D eigenvalue weighted by Crippen LogP contribution is -2.43. The maximum Gasteiger partial charge on any atom is 0.156 e. The molecular formula is C16H22Cl2N4. The highest BCUT2D eigenvalue weighted by Crippen LogP contribution is 2.31. The van der Waals surface area contributed by atoms with Crippen LogP contribution in [0, 0.1) is 0 Å². The molecule has 1 fully saturated rings. The van der Waals surface area contributed by atoms with Crippen LogP contribution in [0.25, 0.3) is 5.65 Å². The van der Waals surface area contributed by atoms with E-state index >= 15 is 0 Å². The first kappa shape index (κ1) is 16.1. The van der Waals surface area contributed by atoms with Crippen LogP contribution in [0.1, 0.15) is 32.2 Å². The lowest BCUT2D eigenvalue weighted by atomic mass is 9.90. The Kier molecular flexibility index (Phi) is 4.38. The quantitative estimate of drug-likeness (QED) is 0.909. The number of hydrogen-bond donors (Lipinski definition) is 1. The van der Waals surface area contributed by atoms with Crippen molar-refractivity contribution in [3.63, 3.8) is 0 Å². The molecule has 3 heterocycles. The lowest BCUT2D eigenvalue weighted by Gasteiger charge is -2.28. The summed E-state index contributed by atoms with van der Waals surface area (Å²) >= 11 is 12.6. The van der Waals surface area contributed by atoms with E-state index in [-0.39, 0.29) is 5.41 Å². The third-order valence-electron chi connectivity index (χ3n) is 4.03. The molecule has 0 amide bonds. The van der Waals surface area contributed by atoms with Crippen molar-refractivity contribution in [2.24, 2.45) is 0 Å². The maximum atomic E-state index is 6.35. The van der Waals surface area contributed by atoms with Crippen molar-refractivity contribution >= 4 is 28.8 Å². The molecule has 1 saturated heterocycles. The lowest BCUT2D eigenvalue weighted by molar-refractivity contribution is 0.228. The van der Waals surface area contributed by atoms with Crippen LogP contribution in [0.5, 0.6) is 0 Å². The highest BCUT2D eigenvalue weighted by molar-refractivity contribution is 6.36. The van der Waals surface area contributed by atoms with Gasteiger partial charge in [0.15, 0.2) is 5.65 Å². The van der Waals surface area contributed by atoms with E-state index in [1.807, 2.05) is 6.20 Å². The van der Waals surface area contributed by atoms with E-state index in [0.717, 1.165) is 44.1 Å². The molecular weight excluding hydrogens is 319 g/mol. The fraction of sp³-hybridized carbons (Fsp3) is 0.562. The molecule has 0 spiro atoms. The van der Waals surface area contributed by atoms with Gasteiger partial charge in [-0.15, -0.1) is 0 Å². The van der Waals surface area contributed by atoms with Gasteiger partial charge in [-0.3, -0.25) is 9.30 Å². The molecule has 0 bridgehead atoms. The van der Waals surface area contributed by atoms with E-state index in [2.05, 4.69) is 35.4 Å². The fourth-order valence-electron chi connectivity index (χ4n) is 2.95. The first-order valence-electron chi connectivity index (χ1n) is 7.66. The van der Waals surface area contributed by atoms with Crippen LogP contribution in [0.2, 0.25) is 10.0 Å². The zero-order chi connectivity index (χ0) is 15.9. The second-order valence-corrected chi connectivity index (χ2v) is 7.73. The summed E-state index contributed by atoms with van der Waals surface area (Å²) < 4.78 is 2.06. The highest BCUT2D eigenvalue weighted by atomic mass is 35.5. The van der Waals surface area contributed by atoms with Crippen molar-refractivity contribution < 1.29 is 0 Å². The summed E-state index contributed by atoms with van der Waals surface area (Å²) in [5, 5.41) is 4.63. The molecule has 0 atom stereocenters. The molecule has 2 aromatic rings. The van der Waals surface area contributed by atoms with Crippen LogP contribution < -0.4 is 5.32 Å². The summed E-state index contributed by atoms with van der Waals surface area (Å²) in [5.74, 6) is 0. The van der Waals surface area contributed by atoms with Gasteiger partial charge in [0.2, 0.25) is 0 Å². The Bertz CT molecular complexity index is 681. The zero-order valence-corrected chi connectivity index (χ0v) is 14.8. The van der Waals surface area contributed by atoms with Crippen LogP contribution >= 0.6 is 23.2 Å². The third kappa shape index (κ3) is 3.11. The first-order valence-corrected chi connectivity index (χ1v) is 8.41. The molecule has 2 aromatic heterocycles. The van der Waals surface area contributed by atoms with Gasteiger partial charge in [0.25, 0.3) is 0 Å². The number of pyridine rings is 1. The minimum absolute atomic E-state index is 0.0365. The standard InChI is InChI=1S/C16H22Cl2N4/c1-16(2,3)14-13(10-21-6-4-19-5-7-21)22-9-11(17)8-12(18)15(22)20-14/h8-9,19H,4-7,10H2,1-3H3. The van der Waals surface area contributed by atoms with Crippen molar-refractivity contribution in [1.29, 1.82) is 0 Å². The topological polar surface area (TPSA) is 32.6 Å². The van der Waals surface area contributed by atoms with E-state index in [1.54, 1.807) is 6.07 Å². The van der Waals surface area contributed by atoms with Crippen molar-refractivity contribution in [3.05, 3.63) is 33.7 Å². The SMILES string of the molecule is CC(C)(C)c1nc2c(Cl)cc(Cl)cn2c1CN1CCNCC1. The van der Waals surface area contributed by atoms with E-state index in [4.69, 9.17) is 28.2 Å². The van der Waals surface area contributed by atoms with E-state index in [0.29, 0.717) is 10.0 Å². The average Bonchev–Trinajstić information content (AvgIpc) is 2.79. The largest absolute Gasteiger partial charge is 0.314 e. The summed E-state index contributed by atoms with van der Waals surface area (Å²) in [6.07, 6.45) is 1.92. The number of nitrogens with one attached hydrogen (secondary N) is 1. The number of fused-ring (bicyclic) bond motifs is 1. The fourth-order valence-corrected chi connectivity index (χ4v) is 3.47. The van der Waals surface area contributed by atoms with Gasteiger partial charge in [-0.1, -0.05) is 44.0 Å². The van der Waals surface area contributed by atoms with Crippen molar-refractivity contribution in [2.75, 3.05) is 26.2 Å². The summed E-state index contributed by atoms with van der Waals surface area (Å²) in [7, 11) is 0. The van der Waals surface area contributed by atoms with E-state index < -0.39 is 0 Å². The Morgan fingerprint density at radius 3 is 2.55 bits per heavy atom. The molecule has 0 aliphatic carbocycles. The number of hydrogen-bond acceptors (Lipinski definition) is 3. The van der Waals surface area contributed by atoms with Crippen LogP contribution in [0.3, 0.4) is 0 Å². The Labute approximate surface area is 141 Å². The van der Waals surface area contributed by atoms with Gasteiger partial charge >= 0.3 is 0 Å². The molecule has 0 unspecified atom stereocenters. The smallest absolute Gasteiger partial charge is 0.156 e. The zero-order valence-electron chi connectivity index (χ0n) is 13.3. The molecule has 0 radical (unpaired) electrons. The molecule has 120 valence electrons. The summed E-state index contributed by atoms with van der Waals surface area (Å²) in [6.45, 7) is 11.6. The van der Waals surface area contributed by atoms with E-state index in [9.17, 15) is 0 Å². The van der Waals surface area contributed by atoms with Gasteiger partial charge in [-0.05, 0) is 6.07 Å². The number of rotatable bonds is 2. The first-order chi connectivity index (χ1) is 10.4. The average molecular weight is 341 g/mol. The molecule has 6 heteroatoms. The summed E-state index contributed by atoms with van der Waals surface area (Å²) in [6, 6.07) is 1.76. The van der Waals surface area contributed by atoms with Crippen molar-refractivity contribution in [3.8, 4) is 0 Å². The van der Waals surface area contributed by atoms with Gasteiger partial charge in [0.05, 0.1) is 21.4 Å². The monoisotopic (exact) mass is 340 g/mol. The van der Waals surface area contributed by atoms with Gasteiger partial charge < -0.3 is 5.32 Å². The Balaban J connectivity index is 2.11. The third-order valence-corrected chi connectivity index (χ3v) is 4.52. The molecule has 1 N–H and O–H groups in total.